The van der Waals surface area contributed by atoms with Crippen LogP contribution in [0.1, 0.15) is 16.9 Å². The van der Waals surface area contributed by atoms with E-state index in [1.807, 2.05) is 12.1 Å². The van der Waals surface area contributed by atoms with Gasteiger partial charge in [0.05, 0.1) is 6.26 Å². The third-order valence-electron chi connectivity index (χ3n) is 2.39. The number of rotatable bonds is 4. The Labute approximate surface area is 89.9 Å². The Balaban J connectivity index is 1.83. The van der Waals surface area contributed by atoms with Crippen LogP contribution in [0.25, 0.3) is 0 Å². The van der Waals surface area contributed by atoms with Gasteiger partial charge in [-0.3, -0.25) is 0 Å². The molecule has 2 aromatic rings. The third-order valence-corrected chi connectivity index (χ3v) is 2.39. The van der Waals surface area contributed by atoms with Gasteiger partial charge in [-0.25, -0.2) is 0 Å². The predicted octanol–water partition coefficient (Wildman–Crippen LogP) is 1.85. The highest BCUT2D eigenvalue weighted by molar-refractivity contribution is 5.21. The molecule has 0 unspecified atom stereocenters. The molecule has 2 nitrogen and oxygen atoms in total. The molecule has 0 spiro atoms. The van der Waals surface area contributed by atoms with Gasteiger partial charge in [0.25, 0.3) is 0 Å². The molecule has 0 aliphatic heterocycles. The van der Waals surface area contributed by atoms with Crippen molar-refractivity contribution in [2.75, 3.05) is 0 Å². The van der Waals surface area contributed by atoms with Gasteiger partial charge in [-0.05, 0) is 19.1 Å². The van der Waals surface area contributed by atoms with Gasteiger partial charge in [-0.15, -0.1) is 0 Å². The van der Waals surface area contributed by atoms with E-state index < -0.39 is 0 Å². The Morgan fingerprint density at radius 1 is 1.13 bits per heavy atom. The first-order chi connectivity index (χ1) is 7.34. The van der Waals surface area contributed by atoms with Gasteiger partial charge in [-0.2, -0.15) is 0 Å². The Morgan fingerprint density at radius 2 is 2.07 bits per heavy atom. The van der Waals surface area contributed by atoms with E-state index in [-0.39, 0.29) is 0 Å². The maximum atomic E-state index is 5.26. The first-order valence-corrected chi connectivity index (χ1v) is 5.24. The van der Waals surface area contributed by atoms with Gasteiger partial charge in [-0.1, -0.05) is 29.8 Å². The quantitative estimate of drug-likeness (QED) is 0.805. The molecule has 0 saturated heterocycles. The summed E-state index contributed by atoms with van der Waals surface area (Å²) in [6.45, 7) is 4.03. The van der Waals surface area contributed by atoms with Crippen molar-refractivity contribution in [3.8, 4) is 0 Å². The molecular weight excluding hydrogens is 186 g/mol. The van der Waals surface area contributed by atoms with Gasteiger partial charge in [0.2, 0.25) is 0 Å². The third kappa shape index (κ3) is 2.96. The Hall–Kier alpha value is -1.54. The van der Waals surface area contributed by atoms with Crippen LogP contribution in [0.15, 0.2) is 47.1 Å². The van der Waals surface area contributed by atoms with E-state index in [0.717, 1.165) is 18.8 Å². The van der Waals surface area contributed by atoms with Crippen molar-refractivity contribution in [3.05, 3.63) is 59.5 Å². The molecule has 0 amide bonds. The van der Waals surface area contributed by atoms with Crippen molar-refractivity contribution in [2.24, 2.45) is 0 Å². The van der Waals surface area contributed by atoms with Crippen molar-refractivity contribution in [2.45, 2.75) is 20.0 Å². The van der Waals surface area contributed by atoms with Crippen LogP contribution in [0.2, 0.25) is 0 Å². The van der Waals surface area contributed by atoms with Crippen LogP contribution in [-0.2, 0) is 13.1 Å². The lowest BCUT2D eigenvalue weighted by atomic mass is 10.1. The zero-order valence-electron chi connectivity index (χ0n) is 8.94. The van der Waals surface area contributed by atoms with E-state index >= 15 is 0 Å². The summed E-state index contributed by atoms with van der Waals surface area (Å²) < 4.78 is 5.26. The zero-order chi connectivity index (χ0) is 10.5. The molecule has 78 valence electrons. The fourth-order valence-electron chi connectivity index (χ4n) is 1.65. The number of hydrogen-bond donors (Lipinski definition) is 1. The van der Waals surface area contributed by atoms with Crippen LogP contribution >= 0.6 is 0 Å². The summed E-state index contributed by atoms with van der Waals surface area (Å²) >= 11 is 0. The van der Waals surface area contributed by atoms with Crippen molar-refractivity contribution in [1.29, 1.82) is 0 Å². The fraction of sp³-hybridized carbons (Fsp3) is 0.231. The maximum absolute atomic E-state index is 5.26. The Kier molecular flexibility index (Phi) is 3.20. The summed E-state index contributed by atoms with van der Waals surface area (Å²) in [6, 6.07) is 12.5. The molecule has 2 rings (SSSR count). The lowest BCUT2D eigenvalue weighted by molar-refractivity contribution is -0.688. The van der Waals surface area contributed by atoms with Gasteiger partial charge < -0.3 is 9.73 Å². The molecule has 1 aromatic carbocycles. The second-order valence-electron chi connectivity index (χ2n) is 3.77. The van der Waals surface area contributed by atoms with E-state index in [1.54, 1.807) is 6.26 Å². The number of hydrogen-bond acceptors (Lipinski definition) is 1. The summed E-state index contributed by atoms with van der Waals surface area (Å²) in [5.41, 5.74) is 2.68. The van der Waals surface area contributed by atoms with E-state index in [4.69, 9.17) is 4.42 Å². The number of nitrogens with two attached hydrogens (primary N) is 1. The normalized spacial score (nSPS) is 10.5. The first kappa shape index (κ1) is 9.99. The van der Waals surface area contributed by atoms with Gasteiger partial charge >= 0.3 is 0 Å². The summed E-state index contributed by atoms with van der Waals surface area (Å²) in [5, 5.41) is 2.24. The molecule has 2 N–H and O–H groups in total. The van der Waals surface area contributed by atoms with Gasteiger partial charge in [0.15, 0.2) is 5.76 Å². The average molecular weight is 202 g/mol. The SMILES string of the molecule is Cc1cccc(C[NH2+]Cc2ccco2)c1. The molecule has 0 fully saturated rings. The molecule has 0 atom stereocenters. The molecule has 15 heavy (non-hydrogen) atoms. The molecule has 0 bridgehead atoms. The smallest absolute Gasteiger partial charge is 0.157 e. The highest BCUT2D eigenvalue weighted by Gasteiger charge is 1.99. The second-order valence-corrected chi connectivity index (χ2v) is 3.77. The summed E-state index contributed by atoms with van der Waals surface area (Å²) in [7, 11) is 0. The minimum Gasteiger partial charge on any atom is -0.463 e. The topological polar surface area (TPSA) is 29.8 Å². The molecule has 0 aliphatic rings. The van der Waals surface area contributed by atoms with Crippen LogP contribution in [0.4, 0.5) is 0 Å². The van der Waals surface area contributed by atoms with Gasteiger partial charge in [0, 0.05) is 5.56 Å². The zero-order valence-corrected chi connectivity index (χ0v) is 8.94. The number of benzene rings is 1. The van der Waals surface area contributed by atoms with Crippen molar-refractivity contribution in [3.63, 3.8) is 0 Å². The van der Waals surface area contributed by atoms with E-state index in [2.05, 4.69) is 36.5 Å². The summed E-state index contributed by atoms with van der Waals surface area (Å²) in [4.78, 5) is 0. The fourth-order valence-corrected chi connectivity index (χ4v) is 1.65. The van der Waals surface area contributed by atoms with Crippen molar-refractivity contribution >= 4 is 0 Å². The van der Waals surface area contributed by atoms with Crippen molar-refractivity contribution < 1.29 is 9.73 Å². The summed E-state index contributed by atoms with van der Waals surface area (Å²) in [6.07, 6.45) is 1.72. The highest BCUT2D eigenvalue weighted by atomic mass is 16.3. The van der Waals surface area contributed by atoms with Crippen LogP contribution < -0.4 is 5.32 Å². The summed E-state index contributed by atoms with van der Waals surface area (Å²) in [5.74, 6) is 1.03. The second kappa shape index (κ2) is 4.80. The van der Waals surface area contributed by atoms with E-state index in [1.165, 1.54) is 11.1 Å². The number of quaternary nitrogens is 1. The largest absolute Gasteiger partial charge is 0.463 e. The van der Waals surface area contributed by atoms with E-state index in [0.29, 0.717) is 0 Å². The molecule has 2 heteroatoms. The molecule has 1 heterocycles. The lowest BCUT2D eigenvalue weighted by Crippen LogP contribution is -2.80. The minimum atomic E-state index is 0.904. The Bertz CT molecular complexity index is 406. The first-order valence-electron chi connectivity index (χ1n) is 5.24. The molecule has 0 saturated carbocycles. The van der Waals surface area contributed by atoms with Crippen LogP contribution in [0, 0.1) is 6.92 Å². The number of furan rings is 1. The molecule has 1 aromatic heterocycles. The maximum Gasteiger partial charge on any atom is 0.157 e. The molecule has 0 radical (unpaired) electrons. The van der Waals surface area contributed by atoms with Crippen LogP contribution in [0.3, 0.4) is 0 Å². The van der Waals surface area contributed by atoms with Crippen molar-refractivity contribution in [1.82, 2.24) is 0 Å². The lowest BCUT2D eigenvalue weighted by Gasteiger charge is -2.01. The minimum absolute atomic E-state index is 0.904. The molecular formula is C13H16NO+. The van der Waals surface area contributed by atoms with Crippen LogP contribution in [-0.4, -0.2) is 0 Å². The predicted molar refractivity (Wildman–Crippen MR) is 59.2 cm³/mol. The highest BCUT2D eigenvalue weighted by Crippen LogP contribution is 2.02. The average Bonchev–Trinajstić information content (AvgIpc) is 2.71. The monoisotopic (exact) mass is 202 g/mol. The van der Waals surface area contributed by atoms with E-state index in [9.17, 15) is 0 Å². The Morgan fingerprint density at radius 3 is 2.80 bits per heavy atom. The van der Waals surface area contributed by atoms with Crippen LogP contribution in [0.5, 0.6) is 0 Å². The standard InChI is InChI=1S/C13H15NO/c1-11-4-2-5-12(8-11)9-14-10-13-6-3-7-15-13/h2-8,14H,9-10H2,1H3/p+1. The molecule has 0 aliphatic carbocycles. The number of aryl methyl sites for hydroxylation is 1. The van der Waals surface area contributed by atoms with Gasteiger partial charge in [0.1, 0.15) is 13.1 Å².